The highest BCUT2D eigenvalue weighted by atomic mass is 35.5. The summed E-state index contributed by atoms with van der Waals surface area (Å²) in [6.07, 6.45) is 1.93. The van der Waals surface area contributed by atoms with Gasteiger partial charge in [0.05, 0.1) is 22.1 Å². The predicted octanol–water partition coefficient (Wildman–Crippen LogP) is 1.44. The topological polar surface area (TPSA) is 110 Å². The molecule has 0 aromatic heterocycles. The number of nitrogens with zero attached hydrogens (tertiary/aromatic N) is 1. The number of hydrogen-bond donors (Lipinski definition) is 2. The molecule has 20 heavy (non-hydrogen) atoms. The number of nitrogens with one attached hydrogen (secondary N) is 1. The number of halogens is 1. The van der Waals surface area contributed by atoms with Crippen molar-refractivity contribution in [3.63, 3.8) is 0 Å². The molecule has 1 aromatic carbocycles. The van der Waals surface area contributed by atoms with Crippen molar-refractivity contribution < 1.29 is 18.4 Å². The molecule has 9 heteroatoms. The van der Waals surface area contributed by atoms with Crippen LogP contribution in [0.1, 0.15) is 19.3 Å². The maximum absolute atomic E-state index is 12.2. The zero-order valence-electron chi connectivity index (χ0n) is 10.4. The van der Waals surface area contributed by atoms with Crippen LogP contribution in [0, 0.1) is 10.1 Å². The molecule has 0 spiro atoms. The highest BCUT2D eigenvalue weighted by Gasteiger charge is 2.40. The largest absolute Gasteiger partial charge is 0.394 e. The number of benzene rings is 1. The summed E-state index contributed by atoms with van der Waals surface area (Å²) >= 11 is 5.81. The number of non-ortho nitro benzene ring substituents is 1. The molecule has 1 aliphatic carbocycles. The Morgan fingerprint density at radius 1 is 1.45 bits per heavy atom. The Kier molecular flexibility index (Phi) is 4.01. The Hall–Kier alpha value is -1.22. The highest BCUT2D eigenvalue weighted by molar-refractivity contribution is 7.89. The lowest BCUT2D eigenvalue weighted by molar-refractivity contribution is -0.384. The summed E-state index contributed by atoms with van der Waals surface area (Å²) in [7, 11) is -3.93. The van der Waals surface area contributed by atoms with Crippen molar-refractivity contribution in [2.75, 3.05) is 6.61 Å². The molecule has 7 nitrogen and oxygen atoms in total. The summed E-state index contributed by atoms with van der Waals surface area (Å²) in [6, 6.07) is 3.15. The van der Waals surface area contributed by atoms with E-state index < -0.39 is 20.5 Å². The van der Waals surface area contributed by atoms with Crippen molar-refractivity contribution in [2.45, 2.75) is 29.7 Å². The summed E-state index contributed by atoms with van der Waals surface area (Å²) in [5, 5.41) is 19.7. The summed E-state index contributed by atoms with van der Waals surface area (Å²) in [4.78, 5) is 9.71. The number of sulfonamides is 1. The van der Waals surface area contributed by atoms with Crippen LogP contribution in [0.5, 0.6) is 0 Å². The standard InChI is InChI=1S/C11H13ClN2O5S/c12-9-6-8(14(16)17)2-3-10(9)20(18,19)13-11(7-15)4-1-5-11/h2-3,6,13,15H,1,4-5,7H2. The minimum atomic E-state index is -3.93. The third-order valence-corrected chi connectivity index (χ3v) is 5.44. The lowest BCUT2D eigenvalue weighted by Gasteiger charge is -2.40. The minimum Gasteiger partial charge on any atom is -0.394 e. The Labute approximate surface area is 120 Å². The fraction of sp³-hybridized carbons (Fsp3) is 0.455. The molecule has 1 fully saturated rings. The highest BCUT2D eigenvalue weighted by Crippen LogP contribution is 2.34. The molecule has 1 aliphatic rings. The summed E-state index contributed by atoms with van der Waals surface area (Å²) in [5.74, 6) is 0. The average Bonchev–Trinajstić information content (AvgIpc) is 2.33. The van der Waals surface area contributed by atoms with E-state index in [1.165, 1.54) is 0 Å². The molecule has 0 bridgehead atoms. The van der Waals surface area contributed by atoms with Gasteiger partial charge >= 0.3 is 0 Å². The maximum atomic E-state index is 12.2. The molecule has 110 valence electrons. The summed E-state index contributed by atoms with van der Waals surface area (Å²) < 4.78 is 26.9. The van der Waals surface area contributed by atoms with Gasteiger partial charge in [-0.05, 0) is 25.3 Å². The smallest absolute Gasteiger partial charge is 0.271 e. The number of hydrogen-bond acceptors (Lipinski definition) is 5. The van der Waals surface area contributed by atoms with Crippen molar-refractivity contribution in [3.8, 4) is 0 Å². The number of aliphatic hydroxyl groups is 1. The second kappa shape index (κ2) is 5.28. The summed E-state index contributed by atoms with van der Waals surface area (Å²) in [5.41, 5.74) is -1.13. The molecule has 0 radical (unpaired) electrons. The fourth-order valence-corrected chi connectivity index (χ4v) is 4.05. The first kappa shape index (κ1) is 15.2. The molecule has 1 aromatic rings. The van der Waals surface area contributed by atoms with E-state index in [9.17, 15) is 23.6 Å². The first-order chi connectivity index (χ1) is 9.30. The second-order valence-electron chi connectivity index (χ2n) is 4.77. The van der Waals surface area contributed by atoms with Gasteiger partial charge in [-0.1, -0.05) is 11.6 Å². The van der Waals surface area contributed by atoms with Crippen LogP contribution in [-0.4, -0.2) is 30.6 Å². The second-order valence-corrected chi connectivity index (χ2v) is 6.83. The van der Waals surface area contributed by atoms with Crippen LogP contribution in [0.3, 0.4) is 0 Å². The van der Waals surface area contributed by atoms with Gasteiger partial charge in [-0.25, -0.2) is 13.1 Å². The zero-order chi connectivity index (χ0) is 15.0. The maximum Gasteiger partial charge on any atom is 0.271 e. The lowest BCUT2D eigenvalue weighted by Crippen LogP contribution is -2.55. The SMILES string of the molecule is O=[N+]([O-])c1ccc(S(=O)(=O)NC2(CO)CCC2)c(Cl)c1. The third-order valence-electron chi connectivity index (χ3n) is 3.38. The van der Waals surface area contributed by atoms with E-state index in [4.69, 9.17) is 11.6 Å². The van der Waals surface area contributed by atoms with E-state index in [1.807, 2.05) is 0 Å². The molecule has 0 unspecified atom stereocenters. The molecule has 1 saturated carbocycles. The van der Waals surface area contributed by atoms with Gasteiger partial charge in [0, 0.05) is 12.1 Å². The van der Waals surface area contributed by atoms with E-state index in [0.717, 1.165) is 24.6 Å². The van der Waals surface area contributed by atoms with Crippen LogP contribution in [0.2, 0.25) is 5.02 Å². The van der Waals surface area contributed by atoms with Crippen LogP contribution >= 0.6 is 11.6 Å². The van der Waals surface area contributed by atoms with Crippen LogP contribution in [0.15, 0.2) is 23.1 Å². The van der Waals surface area contributed by atoms with Gasteiger partial charge in [0.2, 0.25) is 10.0 Å². The van der Waals surface area contributed by atoms with E-state index >= 15 is 0 Å². The van der Waals surface area contributed by atoms with Gasteiger partial charge in [0.1, 0.15) is 4.90 Å². The molecule has 0 atom stereocenters. The van der Waals surface area contributed by atoms with Gasteiger partial charge in [-0.15, -0.1) is 0 Å². The molecule has 2 rings (SSSR count). The van der Waals surface area contributed by atoms with Gasteiger partial charge < -0.3 is 5.11 Å². The molecule has 0 aliphatic heterocycles. The first-order valence-electron chi connectivity index (χ1n) is 5.88. The van der Waals surface area contributed by atoms with E-state index in [0.29, 0.717) is 12.8 Å². The number of nitro groups is 1. The van der Waals surface area contributed by atoms with Crippen LogP contribution in [0.25, 0.3) is 0 Å². The van der Waals surface area contributed by atoms with Crippen LogP contribution < -0.4 is 4.72 Å². The monoisotopic (exact) mass is 320 g/mol. The fourth-order valence-electron chi connectivity index (χ4n) is 2.06. The van der Waals surface area contributed by atoms with E-state index in [1.54, 1.807) is 0 Å². The van der Waals surface area contributed by atoms with E-state index in [-0.39, 0.29) is 22.2 Å². The van der Waals surface area contributed by atoms with Gasteiger partial charge in [0.25, 0.3) is 5.69 Å². The molecular weight excluding hydrogens is 308 g/mol. The zero-order valence-corrected chi connectivity index (χ0v) is 11.9. The average molecular weight is 321 g/mol. The Bertz CT molecular complexity index is 637. The molecular formula is C11H13ClN2O5S. The van der Waals surface area contributed by atoms with Crippen molar-refractivity contribution >= 4 is 27.3 Å². The summed E-state index contributed by atoms with van der Waals surface area (Å²) in [6.45, 7) is -0.295. The number of nitro benzene ring substituents is 1. The molecule has 0 saturated heterocycles. The Balaban J connectivity index is 2.32. The first-order valence-corrected chi connectivity index (χ1v) is 7.75. The van der Waals surface area contributed by atoms with Crippen molar-refractivity contribution in [2.24, 2.45) is 0 Å². The lowest BCUT2D eigenvalue weighted by atomic mass is 9.78. The number of aliphatic hydroxyl groups excluding tert-OH is 1. The third kappa shape index (κ3) is 2.78. The minimum absolute atomic E-state index is 0.223. The van der Waals surface area contributed by atoms with Gasteiger partial charge in [-0.3, -0.25) is 10.1 Å². The van der Waals surface area contributed by atoms with Crippen LogP contribution in [-0.2, 0) is 10.0 Å². The van der Waals surface area contributed by atoms with Gasteiger partial charge in [-0.2, -0.15) is 0 Å². The van der Waals surface area contributed by atoms with E-state index in [2.05, 4.69) is 4.72 Å². The van der Waals surface area contributed by atoms with Crippen molar-refractivity contribution in [3.05, 3.63) is 33.3 Å². The molecule has 2 N–H and O–H groups in total. The normalized spacial score (nSPS) is 17.5. The Morgan fingerprint density at radius 2 is 2.10 bits per heavy atom. The quantitative estimate of drug-likeness (QED) is 0.630. The van der Waals surface area contributed by atoms with Gasteiger partial charge in [0.15, 0.2) is 0 Å². The van der Waals surface area contributed by atoms with Crippen LogP contribution in [0.4, 0.5) is 5.69 Å². The van der Waals surface area contributed by atoms with Crippen molar-refractivity contribution in [1.82, 2.24) is 4.72 Å². The number of rotatable bonds is 5. The van der Waals surface area contributed by atoms with Crippen molar-refractivity contribution in [1.29, 1.82) is 0 Å². The Morgan fingerprint density at radius 3 is 2.50 bits per heavy atom. The molecule has 0 amide bonds. The predicted molar refractivity (Wildman–Crippen MR) is 72.1 cm³/mol. The molecule has 0 heterocycles.